The van der Waals surface area contributed by atoms with Gasteiger partial charge in [-0.3, -0.25) is 0 Å². The zero-order chi connectivity index (χ0) is 14.2. The number of benzene rings is 2. The number of rotatable bonds is 3. The summed E-state index contributed by atoms with van der Waals surface area (Å²) >= 11 is 0. The minimum Gasteiger partial charge on any atom is -0.457 e. The Bertz CT molecular complexity index is 681. The first kappa shape index (κ1) is 12.6. The molecule has 0 saturated heterocycles. The smallest absolute Gasteiger partial charge is 0.129 e. The van der Waals surface area contributed by atoms with Crippen LogP contribution in [-0.2, 0) is 12.8 Å². The Labute approximate surface area is 125 Å². The van der Waals surface area contributed by atoms with Gasteiger partial charge in [-0.05, 0) is 43.0 Å². The van der Waals surface area contributed by atoms with Crippen LogP contribution in [0.4, 0.5) is 11.4 Å². The van der Waals surface area contributed by atoms with Gasteiger partial charge in [0.2, 0.25) is 0 Å². The molecule has 3 nitrogen and oxygen atoms in total. The second-order valence-electron chi connectivity index (χ2n) is 5.72. The molecular weight excluding hydrogens is 260 g/mol. The van der Waals surface area contributed by atoms with Gasteiger partial charge in [0.05, 0.1) is 0 Å². The van der Waals surface area contributed by atoms with Gasteiger partial charge in [0.15, 0.2) is 0 Å². The van der Waals surface area contributed by atoms with Crippen molar-refractivity contribution in [1.29, 1.82) is 0 Å². The molecule has 0 aliphatic carbocycles. The van der Waals surface area contributed by atoms with Crippen LogP contribution in [-0.4, -0.2) is 19.6 Å². The van der Waals surface area contributed by atoms with Gasteiger partial charge in [-0.2, -0.15) is 0 Å². The summed E-state index contributed by atoms with van der Waals surface area (Å²) in [4.78, 5) is 2.41. The first-order valence-corrected chi connectivity index (χ1v) is 7.76. The molecule has 0 fully saturated rings. The van der Waals surface area contributed by atoms with Gasteiger partial charge in [-0.15, -0.1) is 0 Å². The molecule has 0 bridgehead atoms. The van der Waals surface area contributed by atoms with Gasteiger partial charge >= 0.3 is 0 Å². The van der Waals surface area contributed by atoms with Crippen molar-refractivity contribution in [2.45, 2.75) is 19.8 Å². The van der Waals surface area contributed by atoms with E-state index in [0.717, 1.165) is 44.0 Å². The standard InChI is InChI=1S/C18H20N2O/c1-2-20-10-8-14-4-6-16(12-18(14)20)21-15-5-3-13-7-9-19-17(13)11-15/h3-6,11-12,19H,2,7-10H2,1H3. The summed E-state index contributed by atoms with van der Waals surface area (Å²) in [6.45, 7) is 5.41. The molecule has 2 aromatic carbocycles. The largest absolute Gasteiger partial charge is 0.457 e. The summed E-state index contributed by atoms with van der Waals surface area (Å²) < 4.78 is 6.06. The average molecular weight is 280 g/mol. The SMILES string of the molecule is CCN1CCc2ccc(Oc3ccc4c(c3)NCC4)cc21. The summed E-state index contributed by atoms with van der Waals surface area (Å²) in [5, 5.41) is 3.40. The number of nitrogens with one attached hydrogen (secondary N) is 1. The maximum absolute atomic E-state index is 6.06. The number of likely N-dealkylation sites (N-methyl/N-ethyl adjacent to an activating group) is 1. The summed E-state index contributed by atoms with van der Waals surface area (Å²) in [6, 6.07) is 12.8. The Morgan fingerprint density at radius 2 is 1.86 bits per heavy atom. The lowest BCUT2D eigenvalue weighted by Gasteiger charge is -2.17. The van der Waals surface area contributed by atoms with E-state index in [-0.39, 0.29) is 0 Å². The van der Waals surface area contributed by atoms with Crippen LogP contribution in [0.2, 0.25) is 0 Å². The lowest BCUT2D eigenvalue weighted by molar-refractivity contribution is 0.483. The maximum atomic E-state index is 6.06. The van der Waals surface area contributed by atoms with E-state index >= 15 is 0 Å². The number of hydrogen-bond donors (Lipinski definition) is 1. The van der Waals surface area contributed by atoms with E-state index in [1.54, 1.807) is 0 Å². The molecule has 3 heteroatoms. The Morgan fingerprint density at radius 1 is 1.05 bits per heavy atom. The number of fused-ring (bicyclic) bond motifs is 2. The van der Waals surface area contributed by atoms with Crippen LogP contribution in [0.1, 0.15) is 18.1 Å². The fourth-order valence-electron chi connectivity index (χ4n) is 3.29. The molecule has 2 aliphatic rings. The quantitative estimate of drug-likeness (QED) is 0.924. The van der Waals surface area contributed by atoms with E-state index in [0.29, 0.717) is 0 Å². The highest BCUT2D eigenvalue weighted by atomic mass is 16.5. The van der Waals surface area contributed by atoms with E-state index < -0.39 is 0 Å². The predicted molar refractivity (Wildman–Crippen MR) is 86.7 cm³/mol. The highest BCUT2D eigenvalue weighted by molar-refractivity contribution is 5.62. The number of ether oxygens (including phenoxy) is 1. The second-order valence-corrected chi connectivity index (χ2v) is 5.72. The van der Waals surface area contributed by atoms with E-state index in [1.165, 1.54) is 22.5 Å². The van der Waals surface area contributed by atoms with Crippen LogP contribution in [0.3, 0.4) is 0 Å². The Kier molecular flexibility index (Phi) is 2.99. The van der Waals surface area contributed by atoms with E-state index in [4.69, 9.17) is 4.74 Å². The minimum absolute atomic E-state index is 0.907. The molecule has 4 rings (SSSR count). The first-order valence-electron chi connectivity index (χ1n) is 7.76. The first-order chi connectivity index (χ1) is 10.3. The molecule has 1 N–H and O–H groups in total. The van der Waals surface area contributed by atoms with Crippen molar-refractivity contribution in [2.75, 3.05) is 29.9 Å². The van der Waals surface area contributed by atoms with Crippen molar-refractivity contribution in [3.8, 4) is 11.5 Å². The Hall–Kier alpha value is -2.16. The fraction of sp³-hybridized carbons (Fsp3) is 0.333. The molecule has 2 aromatic rings. The van der Waals surface area contributed by atoms with Crippen LogP contribution >= 0.6 is 0 Å². The minimum atomic E-state index is 0.907. The van der Waals surface area contributed by atoms with Crippen molar-refractivity contribution >= 4 is 11.4 Å². The molecule has 0 saturated carbocycles. The summed E-state index contributed by atoms with van der Waals surface area (Å²) in [5.74, 6) is 1.83. The number of hydrogen-bond acceptors (Lipinski definition) is 3. The third-order valence-corrected chi connectivity index (χ3v) is 4.46. The highest BCUT2D eigenvalue weighted by Gasteiger charge is 2.18. The number of nitrogens with zero attached hydrogens (tertiary/aromatic N) is 1. The summed E-state index contributed by atoms with van der Waals surface area (Å²) in [5.41, 5.74) is 5.35. The maximum Gasteiger partial charge on any atom is 0.129 e. The van der Waals surface area contributed by atoms with Gasteiger partial charge in [-0.25, -0.2) is 0 Å². The highest BCUT2D eigenvalue weighted by Crippen LogP contribution is 2.35. The Balaban J connectivity index is 1.60. The molecule has 2 aliphatic heterocycles. The molecule has 21 heavy (non-hydrogen) atoms. The molecule has 0 amide bonds. The average Bonchev–Trinajstić information content (AvgIpc) is 3.12. The van der Waals surface area contributed by atoms with Crippen LogP contribution in [0.5, 0.6) is 11.5 Å². The van der Waals surface area contributed by atoms with Gasteiger partial charge in [0.1, 0.15) is 11.5 Å². The third-order valence-electron chi connectivity index (χ3n) is 4.46. The monoisotopic (exact) mass is 280 g/mol. The van der Waals surface area contributed by atoms with Gasteiger partial charge in [0, 0.05) is 43.1 Å². The van der Waals surface area contributed by atoms with Crippen molar-refractivity contribution in [2.24, 2.45) is 0 Å². The van der Waals surface area contributed by atoms with Crippen LogP contribution in [0.25, 0.3) is 0 Å². The molecule has 0 atom stereocenters. The zero-order valence-corrected chi connectivity index (χ0v) is 12.4. The number of anilines is 2. The van der Waals surface area contributed by atoms with Crippen molar-refractivity contribution < 1.29 is 4.74 Å². The zero-order valence-electron chi connectivity index (χ0n) is 12.4. The van der Waals surface area contributed by atoms with Gasteiger partial charge in [-0.1, -0.05) is 12.1 Å². The van der Waals surface area contributed by atoms with Gasteiger partial charge in [0.25, 0.3) is 0 Å². The molecule has 0 unspecified atom stereocenters. The third kappa shape index (κ3) is 2.23. The summed E-state index contributed by atoms with van der Waals surface area (Å²) in [6.07, 6.45) is 2.26. The second kappa shape index (κ2) is 4.99. The topological polar surface area (TPSA) is 24.5 Å². The lowest BCUT2D eigenvalue weighted by Crippen LogP contribution is -2.19. The lowest BCUT2D eigenvalue weighted by atomic mass is 10.1. The molecule has 108 valence electrons. The van der Waals surface area contributed by atoms with Crippen molar-refractivity contribution in [1.82, 2.24) is 0 Å². The molecular formula is C18H20N2O. The van der Waals surface area contributed by atoms with E-state index in [2.05, 4.69) is 53.5 Å². The summed E-state index contributed by atoms with van der Waals surface area (Å²) in [7, 11) is 0. The fourth-order valence-corrected chi connectivity index (χ4v) is 3.29. The van der Waals surface area contributed by atoms with Crippen LogP contribution < -0.4 is 15.0 Å². The van der Waals surface area contributed by atoms with E-state index in [9.17, 15) is 0 Å². The molecule has 2 heterocycles. The van der Waals surface area contributed by atoms with Crippen LogP contribution in [0, 0.1) is 0 Å². The normalized spacial score (nSPS) is 15.6. The van der Waals surface area contributed by atoms with Crippen molar-refractivity contribution in [3.05, 3.63) is 47.5 Å². The van der Waals surface area contributed by atoms with Gasteiger partial charge < -0.3 is 15.0 Å². The molecule has 0 radical (unpaired) electrons. The van der Waals surface area contributed by atoms with E-state index in [1.807, 2.05) is 0 Å². The van der Waals surface area contributed by atoms with Crippen LogP contribution in [0.15, 0.2) is 36.4 Å². The molecule has 0 aromatic heterocycles. The Morgan fingerprint density at radius 3 is 2.71 bits per heavy atom. The van der Waals surface area contributed by atoms with Crippen molar-refractivity contribution in [3.63, 3.8) is 0 Å². The molecule has 0 spiro atoms. The predicted octanol–water partition coefficient (Wildman–Crippen LogP) is 3.83.